The van der Waals surface area contributed by atoms with Crippen molar-refractivity contribution in [2.45, 2.75) is 12.5 Å². The quantitative estimate of drug-likeness (QED) is 0.931. The monoisotopic (exact) mass is 269 g/mol. The van der Waals surface area contributed by atoms with E-state index in [1.807, 2.05) is 25.4 Å². The van der Waals surface area contributed by atoms with Gasteiger partial charge in [-0.1, -0.05) is 29.3 Å². The average Bonchev–Trinajstić information content (AvgIpc) is 2.68. The van der Waals surface area contributed by atoms with Crippen molar-refractivity contribution in [3.05, 3.63) is 51.8 Å². The first-order chi connectivity index (χ1) is 8.06. The molecule has 3 nitrogen and oxygen atoms in total. The Labute approximate surface area is 110 Å². The molecule has 0 saturated heterocycles. The predicted molar refractivity (Wildman–Crippen MR) is 70.3 cm³/mol. The molecule has 1 heterocycles. The van der Waals surface area contributed by atoms with Crippen LogP contribution in [0.2, 0.25) is 10.0 Å². The van der Waals surface area contributed by atoms with Crippen LogP contribution in [0.15, 0.2) is 30.5 Å². The van der Waals surface area contributed by atoms with Crippen LogP contribution in [0.4, 0.5) is 0 Å². The maximum Gasteiger partial charge on any atom is 0.0643 e. The van der Waals surface area contributed by atoms with Gasteiger partial charge >= 0.3 is 0 Å². The van der Waals surface area contributed by atoms with Crippen LogP contribution < -0.4 is 5.73 Å². The van der Waals surface area contributed by atoms with Crippen molar-refractivity contribution >= 4 is 23.2 Å². The van der Waals surface area contributed by atoms with Crippen molar-refractivity contribution in [3.63, 3.8) is 0 Å². The van der Waals surface area contributed by atoms with Gasteiger partial charge in [0.1, 0.15) is 0 Å². The van der Waals surface area contributed by atoms with Gasteiger partial charge in [0, 0.05) is 25.7 Å². The topological polar surface area (TPSA) is 43.8 Å². The molecule has 1 aromatic heterocycles. The summed E-state index contributed by atoms with van der Waals surface area (Å²) in [5, 5.41) is 5.36. The summed E-state index contributed by atoms with van der Waals surface area (Å²) >= 11 is 11.8. The molecule has 0 fully saturated rings. The Hall–Kier alpha value is -1.03. The molecule has 0 aliphatic carbocycles. The molecule has 0 bridgehead atoms. The van der Waals surface area contributed by atoms with Crippen LogP contribution in [-0.2, 0) is 13.5 Å². The zero-order chi connectivity index (χ0) is 12.4. The summed E-state index contributed by atoms with van der Waals surface area (Å²) in [4.78, 5) is 0. The highest BCUT2D eigenvalue weighted by Crippen LogP contribution is 2.25. The molecule has 0 aliphatic heterocycles. The molecule has 2 N–H and O–H groups in total. The summed E-state index contributed by atoms with van der Waals surface area (Å²) in [6.45, 7) is 0. The first kappa shape index (κ1) is 12.4. The van der Waals surface area contributed by atoms with Crippen molar-refractivity contribution in [2.24, 2.45) is 12.8 Å². The van der Waals surface area contributed by atoms with Crippen LogP contribution in [0, 0.1) is 0 Å². The van der Waals surface area contributed by atoms with Crippen LogP contribution >= 0.6 is 23.2 Å². The maximum absolute atomic E-state index is 6.10. The van der Waals surface area contributed by atoms with Crippen molar-refractivity contribution in [2.75, 3.05) is 0 Å². The Morgan fingerprint density at radius 1 is 1.29 bits per heavy atom. The van der Waals surface area contributed by atoms with E-state index >= 15 is 0 Å². The molecule has 0 spiro atoms. The third-order valence-electron chi connectivity index (χ3n) is 2.57. The van der Waals surface area contributed by atoms with Crippen LogP contribution in [-0.4, -0.2) is 9.78 Å². The molecule has 90 valence electrons. The highest BCUT2D eigenvalue weighted by molar-refractivity contribution is 6.42. The Balaban J connectivity index is 2.14. The second-order valence-electron chi connectivity index (χ2n) is 3.96. The fourth-order valence-corrected chi connectivity index (χ4v) is 1.96. The lowest BCUT2D eigenvalue weighted by Gasteiger charge is -2.11. The predicted octanol–water partition coefficient (Wildman–Crippen LogP) is 2.97. The summed E-state index contributed by atoms with van der Waals surface area (Å²) < 4.78 is 1.76. The van der Waals surface area contributed by atoms with E-state index in [9.17, 15) is 0 Å². The van der Waals surface area contributed by atoms with E-state index in [4.69, 9.17) is 28.9 Å². The fraction of sp³-hybridized carbons (Fsp3) is 0.250. The van der Waals surface area contributed by atoms with Crippen LogP contribution in [0.3, 0.4) is 0 Å². The third-order valence-corrected chi connectivity index (χ3v) is 3.31. The minimum Gasteiger partial charge on any atom is -0.324 e. The summed E-state index contributed by atoms with van der Waals surface area (Å²) in [7, 11) is 1.88. The minimum atomic E-state index is -0.125. The van der Waals surface area contributed by atoms with Gasteiger partial charge in [-0.15, -0.1) is 0 Å². The summed E-state index contributed by atoms with van der Waals surface area (Å²) in [5.74, 6) is 0. The van der Waals surface area contributed by atoms with Gasteiger partial charge in [0.05, 0.1) is 15.7 Å². The first-order valence-electron chi connectivity index (χ1n) is 5.25. The lowest BCUT2D eigenvalue weighted by Crippen LogP contribution is -2.13. The number of nitrogens with two attached hydrogens (primary N) is 1. The minimum absolute atomic E-state index is 0.125. The SMILES string of the molecule is Cn1ccc(CC(N)c2ccc(Cl)c(Cl)c2)n1. The van der Waals surface area contributed by atoms with E-state index in [1.165, 1.54) is 0 Å². The van der Waals surface area contributed by atoms with Crippen LogP contribution in [0.25, 0.3) is 0 Å². The van der Waals surface area contributed by atoms with E-state index in [2.05, 4.69) is 5.10 Å². The molecule has 1 unspecified atom stereocenters. The van der Waals surface area contributed by atoms with Gasteiger partial charge in [0.25, 0.3) is 0 Å². The number of hydrogen-bond donors (Lipinski definition) is 1. The Morgan fingerprint density at radius 2 is 2.06 bits per heavy atom. The molecular formula is C12H13Cl2N3. The Kier molecular flexibility index (Phi) is 3.72. The number of benzene rings is 1. The van der Waals surface area contributed by atoms with Crippen molar-refractivity contribution < 1.29 is 0 Å². The molecule has 2 aromatic rings. The molecule has 0 radical (unpaired) electrons. The normalized spacial score (nSPS) is 12.7. The highest BCUT2D eigenvalue weighted by atomic mass is 35.5. The van der Waals surface area contributed by atoms with E-state index < -0.39 is 0 Å². The van der Waals surface area contributed by atoms with Crippen molar-refractivity contribution in [3.8, 4) is 0 Å². The second-order valence-corrected chi connectivity index (χ2v) is 4.78. The van der Waals surface area contributed by atoms with Crippen molar-refractivity contribution in [1.29, 1.82) is 0 Å². The molecule has 17 heavy (non-hydrogen) atoms. The first-order valence-corrected chi connectivity index (χ1v) is 6.01. The Morgan fingerprint density at radius 3 is 2.65 bits per heavy atom. The molecular weight excluding hydrogens is 257 g/mol. The lowest BCUT2D eigenvalue weighted by atomic mass is 10.0. The number of halogens is 2. The zero-order valence-electron chi connectivity index (χ0n) is 9.40. The number of aryl methyl sites for hydroxylation is 1. The maximum atomic E-state index is 6.10. The van der Waals surface area contributed by atoms with Crippen LogP contribution in [0.1, 0.15) is 17.3 Å². The molecule has 0 amide bonds. The molecule has 0 aliphatic rings. The standard InChI is InChI=1S/C12H13Cl2N3/c1-17-5-4-9(16-17)7-12(15)8-2-3-10(13)11(14)6-8/h2-6,12H,7,15H2,1H3. The van der Waals surface area contributed by atoms with E-state index in [-0.39, 0.29) is 6.04 Å². The third kappa shape index (κ3) is 3.00. The fourth-order valence-electron chi connectivity index (χ4n) is 1.66. The zero-order valence-corrected chi connectivity index (χ0v) is 10.9. The molecule has 0 saturated carbocycles. The second kappa shape index (κ2) is 5.08. The number of hydrogen-bond acceptors (Lipinski definition) is 2. The van der Waals surface area contributed by atoms with Gasteiger partial charge in [-0.2, -0.15) is 5.10 Å². The van der Waals surface area contributed by atoms with Gasteiger partial charge in [0.2, 0.25) is 0 Å². The van der Waals surface area contributed by atoms with Gasteiger partial charge in [-0.25, -0.2) is 0 Å². The van der Waals surface area contributed by atoms with E-state index in [1.54, 1.807) is 16.8 Å². The molecule has 1 aromatic carbocycles. The van der Waals surface area contributed by atoms with E-state index in [0.717, 1.165) is 11.3 Å². The molecule has 5 heteroatoms. The van der Waals surface area contributed by atoms with Gasteiger partial charge in [-0.3, -0.25) is 4.68 Å². The average molecular weight is 270 g/mol. The number of aromatic nitrogens is 2. The molecule has 1 atom stereocenters. The summed E-state index contributed by atoms with van der Waals surface area (Å²) in [6, 6.07) is 7.29. The van der Waals surface area contributed by atoms with Gasteiger partial charge in [0.15, 0.2) is 0 Å². The van der Waals surface area contributed by atoms with Gasteiger partial charge in [-0.05, 0) is 23.8 Å². The summed E-state index contributed by atoms with van der Waals surface area (Å²) in [6.07, 6.45) is 2.58. The van der Waals surface area contributed by atoms with Crippen molar-refractivity contribution in [1.82, 2.24) is 9.78 Å². The largest absolute Gasteiger partial charge is 0.324 e. The summed E-state index contributed by atoms with van der Waals surface area (Å²) in [5.41, 5.74) is 8.03. The highest BCUT2D eigenvalue weighted by Gasteiger charge is 2.10. The smallest absolute Gasteiger partial charge is 0.0643 e. The Bertz CT molecular complexity index is 522. The lowest BCUT2D eigenvalue weighted by molar-refractivity contribution is 0.675. The van der Waals surface area contributed by atoms with E-state index in [0.29, 0.717) is 16.5 Å². The van der Waals surface area contributed by atoms with Gasteiger partial charge < -0.3 is 5.73 Å². The van der Waals surface area contributed by atoms with Crippen LogP contribution in [0.5, 0.6) is 0 Å². The molecule has 2 rings (SSSR count). The number of rotatable bonds is 3. The number of nitrogens with zero attached hydrogens (tertiary/aromatic N) is 2.